The van der Waals surface area contributed by atoms with Gasteiger partial charge in [-0.05, 0) is 20.8 Å². The van der Waals surface area contributed by atoms with E-state index < -0.39 is 0 Å². The average molecular weight is 258 g/mol. The van der Waals surface area contributed by atoms with Gasteiger partial charge in [0, 0.05) is 18.7 Å². The van der Waals surface area contributed by atoms with Crippen molar-refractivity contribution in [1.82, 2.24) is 10.1 Å². The second-order valence-corrected chi connectivity index (χ2v) is 4.41. The molecule has 100 valence electrons. The fourth-order valence-corrected chi connectivity index (χ4v) is 1.99. The van der Waals surface area contributed by atoms with Crippen LogP contribution < -0.4 is 0 Å². The van der Waals surface area contributed by atoms with Gasteiger partial charge in [0.05, 0.1) is 6.20 Å². The fourth-order valence-electron chi connectivity index (χ4n) is 1.99. The highest BCUT2D eigenvalue weighted by Gasteiger charge is 2.21. The molecule has 0 fully saturated rings. The first-order valence-electron chi connectivity index (χ1n) is 6.48. The van der Waals surface area contributed by atoms with Gasteiger partial charge in [-0.25, -0.2) is 0 Å². The van der Waals surface area contributed by atoms with Gasteiger partial charge < -0.3 is 9.42 Å². The van der Waals surface area contributed by atoms with Crippen LogP contribution in [0.5, 0.6) is 0 Å². The van der Waals surface area contributed by atoms with Crippen LogP contribution in [0.25, 0.3) is 11.3 Å². The van der Waals surface area contributed by atoms with E-state index in [1.807, 2.05) is 45.0 Å². The third kappa shape index (κ3) is 2.67. The molecule has 0 aliphatic heterocycles. The van der Waals surface area contributed by atoms with Crippen molar-refractivity contribution in [2.24, 2.45) is 0 Å². The van der Waals surface area contributed by atoms with E-state index in [-0.39, 0.29) is 5.91 Å². The van der Waals surface area contributed by atoms with E-state index in [1.54, 1.807) is 4.90 Å². The van der Waals surface area contributed by atoms with Crippen molar-refractivity contribution in [2.45, 2.75) is 20.8 Å². The standard InChI is InChI=1S/C15H18N2O2/c1-4-17(5-2)15(18)13-10-16-19-14(13)12-8-6-11(3)7-9-12/h6-10H,4-5H2,1-3H3. The lowest BCUT2D eigenvalue weighted by Crippen LogP contribution is -2.30. The van der Waals surface area contributed by atoms with Gasteiger partial charge in [-0.15, -0.1) is 0 Å². The summed E-state index contributed by atoms with van der Waals surface area (Å²) in [6.45, 7) is 7.29. The van der Waals surface area contributed by atoms with Crippen LogP contribution in [0.1, 0.15) is 29.8 Å². The number of hydrogen-bond acceptors (Lipinski definition) is 3. The summed E-state index contributed by atoms with van der Waals surface area (Å²) >= 11 is 0. The number of hydrogen-bond donors (Lipinski definition) is 0. The monoisotopic (exact) mass is 258 g/mol. The summed E-state index contributed by atoms with van der Waals surface area (Å²) in [6, 6.07) is 7.86. The van der Waals surface area contributed by atoms with E-state index >= 15 is 0 Å². The number of aromatic nitrogens is 1. The number of aryl methyl sites for hydroxylation is 1. The molecule has 1 aromatic carbocycles. The number of amides is 1. The van der Waals surface area contributed by atoms with Crippen molar-refractivity contribution < 1.29 is 9.32 Å². The van der Waals surface area contributed by atoms with Crippen LogP contribution in [0.3, 0.4) is 0 Å². The highest BCUT2D eigenvalue weighted by atomic mass is 16.5. The minimum absolute atomic E-state index is 0.0400. The van der Waals surface area contributed by atoms with Crippen molar-refractivity contribution in [1.29, 1.82) is 0 Å². The molecule has 4 nitrogen and oxygen atoms in total. The Kier molecular flexibility index (Phi) is 4.00. The molecule has 0 aliphatic rings. The molecule has 19 heavy (non-hydrogen) atoms. The van der Waals surface area contributed by atoms with E-state index in [0.29, 0.717) is 24.4 Å². The van der Waals surface area contributed by atoms with Crippen molar-refractivity contribution in [3.63, 3.8) is 0 Å². The first-order valence-corrected chi connectivity index (χ1v) is 6.48. The zero-order valence-corrected chi connectivity index (χ0v) is 11.5. The summed E-state index contributed by atoms with van der Waals surface area (Å²) in [4.78, 5) is 14.1. The quantitative estimate of drug-likeness (QED) is 0.846. The lowest BCUT2D eigenvalue weighted by Gasteiger charge is -2.17. The van der Waals surface area contributed by atoms with Crippen molar-refractivity contribution >= 4 is 5.91 Å². The Labute approximate surface area is 113 Å². The molecule has 0 unspecified atom stereocenters. The normalized spacial score (nSPS) is 10.5. The molecule has 1 amide bonds. The molecule has 2 aromatic rings. The maximum atomic E-state index is 12.4. The minimum Gasteiger partial charge on any atom is -0.355 e. The van der Waals surface area contributed by atoms with Crippen LogP contribution in [0.15, 0.2) is 35.0 Å². The van der Waals surface area contributed by atoms with Gasteiger partial charge in [0.2, 0.25) is 0 Å². The molecule has 1 aromatic heterocycles. The summed E-state index contributed by atoms with van der Waals surface area (Å²) in [5, 5.41) is 3.77. The van der Waals surface area contributed by atoms with E-state index in [1.165, 1.54) is 11.8 Å². The highest BCUT2D eigenvalue weighted by Crippen LogP contribution is 2.24. The SMILES string of the molecule is CCN(CC)C(=O)c1cnoc1-c1ccc(C)cc1. The van der Waals surface area contributed by atoms with Gasteiger partial charge in [-0.1, -0.05) is 35.0 Å². The third-order valence-corrected chi connectivity index (χ3v) is 3.17. The predicted octanol–water partition coefficient (Wildman–Crippen LogP) is 3.13. The Balaban J connectivity index is 2.37. The van der Waals surface area contributed by atoms with Crippen LogP contribution in [0, 0.1) is 6.92 Å². The molecule has 0 spiro atoms. The molecule has 0 N–H and O–H groups in total. The summed E-state index contributed by atoms with van der Waals surface area (Å²) in [5.74, 6) is 0.499. The van der Waals surface area contributed by atoms with E-state index in [2.05, 4.69) is 5.16 Å². The van der Waals surface area contributed by atoms with Crippen LogP contribution >= 0.6 is 0 Å². The average Bonchev–Trinajstić information content (AvgIpc) is 2.90. The predicted molar refractivity (Wildman–Crippen MR) is 73.9 cm³/mol. The largest absolute Gasteiger partial charge is 0.355 e. The number of nitrogens with zero attached hydrogens (tertiary/aromatic N) is 2. The molecular formula is C15H18N2O2. The molecule has 0 radical (unpaired) electrons. The molecule has 1 heterocycles. The number of carbonyl (C=O) groups is 1. The molecule has 0 bridgehead atoms. The maximum Gasteiger partial charge on any atom is 0.259 e. The van der Waals surface area contributed by atoms with Gasteiger partial charge >= 0.3 is 0 Å². The molecule has 0 saturated heterocycles. The summed E-state index contributed by atoms with van der Waals surface area (Å²) in [6.07, 6.45) is 1.50. The Morgan fingerprint density at radius 2 is 1.84 bits per heavy atom. The van der Waals surface area contributed by atoms with Gasteiger partial charge in [0.1, 0.15) is 5.56 Å². The lowest BCUT2D eigenvalue weighted by atomic mass is 10.1. The van der Waals surface area contributed by atoms with Gasteiger partial charge in [0.25, 0.3) is 5.91 Å². The first-order chi connectivity index (χ1) is 9.17. The van der Waals surface area contributed by atoms with Crippen LogP contribution in [-0.4, -0.2) is 29.1 Å². The highest BCUT2D eigenvalue weighted by molar-refractivity contribution is 5.99. The van der Waals surface area contributed by atoms with Crippen molar-refractivity contribution in [2.75, 3.05) is 13.1 Å². The molecule has 2 rings (SSSR count). The molecule has 4 heteroatoms. The van der Waals surface area contributed by atoms with Gasteiger partial charge in [-0.3, -0.25) is 4.79 Å². The smallest absolute Gasteiger partial charge is 0.259 e. The minimum atomic E-state index is -0.0400. The zero-order valence-electron chi connectivity index (χ0n) is 11.5. The molecule has 0 aliphatic carbocycles. The number of rotatable bonds is 4. The Hall–Kier alpha value is -2.10. The van der Waals surface area contributed by atoms with Crippen LogP contribution in [0.2, 0.25) is 0 Å². The summed E-state index contributed by atoms with van der Waals surface area (Å²) in [5.41, 5.74) is 2.56. The molecule has 0 saturated carbocycles. The summed E-state index contributed by atoms with van der Waals surface area (Å²) < 4.78 is 5.25. The van der Waals surface area contributed by atoms with Crippen molar-refractivity contribution in [3.05, 3.63) is 41.6 Å². The van der Waals surface area contributed by atoms with Gasteiger partial charge in [-0.2, -0.15) is 0 Å². The second-order valence-electron chi connectivity index (χ2n) is 4.41. The first kappa shape index (κ1) is 13.3. The Morgan fingerprint density at radius 3 is 2.42 bits per heavy atom. The van der Waals surface area contributed by atoms with E-state index in [4.69, 9.17) is 4.52 Å². The van der Waals surface area contributed by atoms with E-state index in [9.17, 15) is 4.79 Å². The van der Waals surface area contributed by atoms with Gasteiger partial charge in [0.15, 0.2) is 5.76 Å². The Morgan fingerprint density at radius 1 is 1.21 bits per heavy atom. The number of carbonyl (C=O) groups excluding carboxylic acids is 1. The number of benzene rings is 1. The van der Waals surface area contributed by atoms with E-state index in [0.717, 1.165) is 5.56 Å². The molecule has 0 atom stereocenters. The zero-order chi connectivity index (χ0) is 13.8. The maximum absolute atomic E-state index is 12.4. The third-order valence-electron chi connectivity index (χ3n) is 3.17. The van der Waals surface area contributed by atoms with Crippen LogP contribution in [-0.2, 0) is 0 Å². The molecular weight excluding hydrogens is 240 g/mol. The van der Waals surface area contributed by atoms with Crippen LogP contribution in [0.4, 0.5) is 0 Å². The van der Waals surface area contributed by atoms with Crippen molar-refractivity contribution in [3.8, 4) is 11.3 Å². The topological polar surface area (TPSA) is 46.3 Å². The lowest BCUT2D eigenvalue weighted by molar-refractivity contribution is 0.0773. The second kappa shape index (κ2) is 5.69. The fraction of sp³-hybridized carbons (Fsp3) is 0.333. The Bertz CT molecular complexity index is 554. The summed E-state index contributed by atoms with van der Waals surface area (Å²) in [7, 11) is 0.